The molecule has 0 fully saturated rings. The van der Waals surface area contributed by atoms with Crippen LogP contribution in [0.5, 0.6) is 5.75 Å². The lowest BCUT2D eigenvalue weighted by Crippen LogP contribution is -1.97. The lowest BCUT2D eigenvalue weighted by molar-refractivity contribution is -0.385. The van der Waals surface area contributed by atoms with Gasteiger partial charge in [-0.2, -0.15) is 0 Å². The van der Waals surface area contributed by atoms with Gasteiger partial charge in [0, 0.05) is 30.2 Å². The van der Waals surface area contributed by atoms with E-state index in [4.69, 9.17) is 4.74 Å². The van der Waals surface area contributed by atoms with Crippen LogP contribution in [0.2, 0.25) is 0 Å². The molecule has 8 heteroatoms. The molecule has 0 spiro atoms. The summed E-state index contributed by atoms with van der Waals surface area (Å²) in [5.41, 5.74) is 1.17. The highest BCUT2D eigenvalue weighted by atomic mass is 79.9. The fraction of sp³-hybridized carbons (Fsp3) is 0.143. The van der Waals surface area contributed by atoms with Crippen LogP contribution in [0.25, 0.3) is 17.0 Å². The van der Waals surface area contributed by atoms with Gasteiger partial charge in [-0.05, 0) is 35.0 Å². The molecule has 0 amide bonds. The van der Waals surface area contributed by atoms with Crippen LogP contribution in [0.1, 0.15) is 6.92 Å². The first kappa shape index (κ1) is 14.5. The Morgan fingerprint density at radius 1 is 1.41 bits per heavy atom. The molecule has 0 saturated heterocycles. The maximum atomic E-state index is 11.2. The Morgan fingerprint density at radius 3 is 2.95 bits per heavy atom. The quantitative estimate of drug-likeness (QED) is 0.524. The van der Waals surface area contributed by atoms with Gasteiger partial charge in [0.15, 0.2) is 5.75 Å². The minimum Gasteiger partial charge on any atom is -0.487 e. The topological polar surface area (TPSA) is 82.6 Å². The number of fused-ring (bicyclic) bond motifs is 1. The smallest absolute Gasteiger partial charge is 0.311 e. The summed E-state index contributed by atoms with van der Waals surface area (Å²) in [4.78, 5) is 19.3. The van der Waals surface area contributed by atoms with E-state index in [0.29, 0.717) is 23.6 Å². The van der Waals surface area contributed by atoms with Gasteiger partial charge in [-0.1, -0.05) is 0 Å². The molecule has 0 aliphatic heterocycles. The number of benzene rings is 1. The molecular weight excluding hydrogens is 352 g/mol. The van der Waals surface area contributed by atoms with E-state index in [9.17, 15) is 10.1 Å². The van der Waals surface area contributed by atoms with Gasteiger partial charge < -0.3 is 4.74 Å². The van der Waals surface area contributed by atoms with Gasteiger partial charge in [0.1, 0.15) is 0 Å². The second-order valence-corrected chi connectivity index (χ2v) is 5.39. The van der Waals surface area contributed by atoms with Crippen LogP contribution in [-0.4, -0.2) is 25.9 Å². The summed E-state index contributed by atoms with van der Waals surface area (Å²) in [5, 5.41) is 11.2. The molecule has 0 atom stereocenters. The number of aromatic nitrogens is 3. The molecule has 1 aromatic carbocycles. The van der Waals surface area contributed by atoms with Crippen LogP contribution in [0.4, 0.5) is 5.69 Å². The fourth-order valence-electron chi connectivity index (χ4n) is 2.10. The molecule has 3 rings (SSSR count). The van der Waals surface area contributed by atoms with E-state index in [2.05, 4.69) is 25.9 Å². The van der Waals surface area contributed by atoms with E-state index in [1.165, 1.54) is 6.07 Å². The molecule has 0 N–H and O–H groups in total. The van der Waals surface area contributed by atoms with Crippen molar-refractivity contribution in [3.05, 3.63) is 51.4 Å². The Bertz CT molecular complexity index is 862. The van der Waals surface area contributed by atoms with E-state index in [0.717, 1.165) is 4.47 Å². The molecule has 0 radical (unpaired) electrons. The lowest BCUT2D eigenvalue weighted by atomic mass is 10.1. The van der Waals surface area contributed by atoms with Crippen LogP contribution in [0.15, 0.2) is 41.3 Å². The summed E-state index contributed by atoms with van der Waals surface area (Å²) in [6.07, 6.45) is 5.24. The maximum Gasteiger partial charge on any atom is 0.311 e. The summed E-state index contributed by atoms with van der Waals surface area (Å²) < 4.78 is 7.85. The van der Waals surface area contributed by atoms with Crippen molar-refractivity contribution < 1.29 is 9.66 Å². The molecule has 7 nitrogen and oxygen atoms in total. The first-order chi connectivity index (χ1) is 10.6. The predicted molar refractivity (Wildman–Crippen MR) is 83.9 cm³/mol. The van der Waals surface area contributed by atoms with Gasteiger partial charge in [0.05, 0.1) is 21.7 Å². The van der Waals surface area contributed by atoms with Crippen molar-refractivity contribution >= 4 is 27.4 Å². The van der Waals surface area contributed by atoms with Gasteiger partial charge >= 0.3 is 5.69 Å². The largest absolute Gasteiger partial charge is 0.487 e. The number of hydrogen-bond donors (Lipinski definition) is 0. The number of imidazole rings is 1. The molecule has 0 aliphatic carbocycles. The number of nitro groups is 1. The zero-order valence-electron chi connectivity index (χ0n) is 11.6. The fourth-order valence-corrected chi connectivity index (χ4v) is 2.42. The normalized spacial score (nSPS) is 10.8. The average molecular weight is 363 g/mol. The average Bonchev–Trinajstić information content (AvgIpc) is 2.90. The molecule has 0 bridgehead atoms. The first-order valence-corrected chi connectivity index (χ1v) is 7.29. The minimum atomic E-state index is -0.459. The Hall–Kier alpha value is -2.48. The molecule has 2 heterocycles. The van der Waals surface area contributed by atoms with Crippen molar-refractivity contribution in [3.63, 3.8) is 0 Å². The van der Waals surface area contributed by atoms with Gasteiger partial charge in [0.25, 0.3) is 0 Å². The Kier molecular flexibility index (Phi) is 3.76. The highest BCUT2D eigenvalue weighted by Gasteiger charge is 2.17. The van der Waals surface area contributed by atoms with E-state index in [-0.39, 0.29) is 11.4 Å². The number of nitrogens with zero attached hydrogens (tertiary/aromatic N) is 4. The van der Waals surface area contributed by atoms with Crippen molar-refractivity contribution in [2.24, 2.45) is 0 Å². The molecule has 112 valence electrons. The SMILES string of the molecule is CCOc1ccc(-c2cn3cc(Br)cnc3n2)cc1[N+](=O)[O-]. The predicted octanol–water partition coefficient (Wildman–Crippen LogP) is 3.47. The monoisotopic (exact) mass is 362 g/mol. The van der Waals surface area contributed by atoms with Gasteiger partial charge in [0.2, 0.25) is 5.78 Å². The number of rotatable bonds is 4. The van der Waals surface area contributed by atoms with Gasteiger partial charge in [-0.3, -0.25) is 14.5 Å². The number of halogens is 1. The highest BCUT2D eigenvalue weighted by Crippen LogP contribution is 2.32. The van der Waals surface area contributed by atoms with E-state index in [1.54, 1.807) is 35.9 Å². The Balaban J connectivity index is 2.09. The van der Waals surface area contributed by atoms with Gasteiger partial charge in [-0.25, -0.2) is 9.97 Å². The summed E-state index contributed by atoms with van der Waals surface area (Å²) in [6.45, 7) is 2.15. The van der Waals surface area contributed by atoms with Crippen LogP contribution in [-0.2, 0) is 0 Å². The van der Waals surface area contributed by atoms with Gasteiger partial charge in [-0.15, -0.1) is 0 Å². The van der Waals surface area contributed by atoms with Crippen molar-refractivity contribution in [1.29, 1.82) is 0 Å². The maximum absolute atomic E-state index is 11.2. The zero-order chi connectivity index (χ0) is 15.7. The molecule has 0 aliphatic rings. The summed E-state index contributed by atoms with van der Waals surface area (Å²) >= 11 is 3.34. The van der Waals surface area contributed by atoms with Crippen LogP contribution in [0, 0.1) is 10.1 Å². The van der Waals surface area contributed by atoms with Crippen molar-refractivity contribution in [3.8, 4) is 17.0 Å². The molecular formula is C14H11BrN4O3. The molecule has 22 heavy (non-hydrogen) atoms. The summed E-state index contributed by atoms with van der Waals surface area (Å²) in [5.74, 6) is 0.774. The van der Waals surface area contributed by atoms with Crippen LogP contribution in [0.3, 0.4) is 0 Å². The van der Waals surface area contributed by atoms with Crippen LogP contribution >= 0.6 is 15.9 Å². The summed E-state index contributed by atoms with van der Waals surface area (Å²) in [7, 11) is 0. The molecule has 3 aromatic rings. The molecule has 0 saturated carbocycles. The Morgan fingerprint density at radius 2 is 2.23 bits per heavy atom. The standard InChI is InChI=1S/C14H11BrN4O3/c1-2-22-13-4-3-9(5-12(13)19(20)21)11-8-18-7-10(15)6-16-14(18)17-11/h3-8H,2H2,1H3. The second kappa shape index (κ2) is 5.72. The van der Waals surface area contributed by atoms with Crippen molar-refractivity contribution in [2.45, 2.75) is 6.92 Å². The zero-order valence-corrected chi connectivity index (χ0v) is 13.1. The third-order valence-corrected chi connectivity index (χ3v) is 3.44. The minimum absolute atomic E-state index is 0.0782. The van der Waals surface area contributed by atoms with Crippen molar-refractivity contribution in [2.75, 3.05) is 6.61 Å². The van der Waals surface area contributed by atoms with Crippen LogP contribution < -0.4 is 4.74 Å². The third-order valence-electron chi connectivity index (χ3n) is 3.03. The number of nitro benzene ring substituents is 1. The van der Waals surface area contributed by atoms with Crippen molar-refractivity contribution in [1.82, 2.24) is 14.4 Å². The second-order valence-electron chi connectivity index (χ2n) is 4.48. The third kappa shape index (κ3) is 2.64. The first-order valence-electron chi connectivity index (χ1n) is 6.50. The molecule has 0 unspecified atom stereocenters. The summed E-state index contributed by atoms with van der Waals surface area (Å²) in [6, 6.07) is 4.79. The number of hydrogen-bond acceptors (Lipinski definition) is 5. The number of ether oxygens (including phenoxy) is 1. The molecule has 2 aromatic heterocycles. The highest BCUT2D eigenvalue weighted by molar-refractivity contribution is 9.10. The van der Waals surface area contributed by atoms with E-state index < -0.39 is 4.92 Å². The van der Waals surface area contributed by atoms with E-state index >= 15 is 0 Å². The van der Waals surface area contributed by atoms with E-state index in [1.807, 2.05) is 6.20 Å². The lowest BCUT2D eigenvalue weighted by Gasteiger charge is -2.05. The Labute approximate surface area is 133 Å².